The van der Waals surface area contributed by atoms with Crippen molar-refractivity contribution in [2.75, 3.05) is 18.1 Å². The van der Waals surface area contributed by atoms with E-state index in [1.807, 2.05) is 32.2 Å². The van der Waals surface area contributed by atoms with E-state index in [1.54, 1.807) is 41.7 Å². The quantitative estimate of drug-likeness (QED) is 0.0657. The number of nitrogens with zero attached hydrogens (tertiary/aromatic N) is 3. The highest BCUT2D eigenvalue weighted by Crippen LogP contribution is 2.30. The zero-order valence-electron chi connectivity index (χ0n) is 24.0. The Morgan fingerprint density at radius 3 is 2.32 bits per heavy atom. The van der Waals surface area contributed by atoms with Crippen LogP contribution in [0.3, 0.4) is 0 Å². The maximum Gasteiger partial charge on any atom is 0.273 e. The molecular formula is C31H28ClN5O4S3. The number of nitrogens with one attached hydrogen (secondary N) is 2. The Kier molecular flexibility index (Phi) is 11.8. The first kappa shape index (κ1) is 33.0. The minimum Gasteiger partial charge on any atom is -0.472 e. The van der Waals surface area contributed by atoms with Gasteiger partial charge < -0.3 is 15.4 Å². The van der Waals surface area contributed by atoms with Gasteiger partial charge in [-0.1, -0.05) is 96.7 Å². The Morgan fingerprint density at radius 2 is 1.68 bits per heavy atom. The molecule has 0 aliphatic carbocycles. The predicted octanol–water partition coefficient (Wildman–Crippen LogP) is 7.41. The number of halogens is 1. The molecule has 0 radical (unpaired) electrons. The SMILES string of the molecule is [C-]#[N+]c1ccc(C(=O)C(Oc2ccc(CSc3nnc(SC)s3)cc2)C(=O)Nc2cc(C(=O)NCC(C)C)ccc2Cl)cc1. The molecule has 4 rings (SSSR count). The van der Waals surface area contributed by atoms with E-state index in [4.69, 9.17) is 22.9 Å². The fraction of sp³-hybridized carbons (Fsp3) is 0.226. The van der Waals surface area contributed by atoms with Gasteiger partial charge in [0.1, 0.15) is 5.75 Å². The van der Waals surface area contributed by atoms with Crippen LogP contribution in [0.4, 0.5) is 11.4 Å². The zero-order chi connectivity index (χ0) is 31.6. The Morgan fingerprint density at radius 1 is 1.00 bits per heavy atom. The average molecular weight is 666 g/mol. The van der Waals surface area contributed by atoms with Crippen molar-refractivity contribution in [3.05, 3.63) is 99.9 Å². The van der Waals surface area contributed by atoms with Gasteiger partial charge in [0.05, 0.1) is 17.3 Å². The predicted molar refractivity (Wildman–Crippen MR) is 176 cm³/mol. The average Bonchev–Trinajstić information content (AvgIpc) is 3.51. The first-order chi connectivity index (χ1) is 21.2. The second kappa shape index (κ2) is 15.7. The number of ketones is 1. The number of benzene rings is 3. The van der Waals surface area contributed by atoms with Crippen LogP contribution in [0.1, 0.15) is 40.1 Å². The zero-order valence-corrected chi connectivity index (χ0v) is 27.2. The number of anilines is 1. The summed E-state index contributed by atoms with van der Waals surface area (Å²) < 4.78 is 7.73. The second-order valence-corrected chi connectivity index (χ2v) is 13.4. The first-order valence-electron chi connectivity index (χ1n) is 13.3. The highest BCUT2D eigenvalue weighted by Gasteiger charge is 2.31. The van der Waals surface area contributed by atoms with Crippen molar-refractivity contribution in [1.82, 2.24) is 15.5 Å². The lowest BCUT2D eigenvalue weighted by Gasteiger charge is -2.19. The van der Waals surface area contributed by atoms with Crippen molar-refractivity contribution >= 4 is 75.4 Å². The van der Waals surface area contributed by atoms with Crippen LogP contribution >= 0.6 is 46.5 Å². The number of hydrogen-bond donors (Lipinski definition) is 2. The third kappa shape index (κ3) is 9.06. The molecule has 44 heavy (non-hydrogen) atoms. The van der Waals surface area contributed by atoms with E-state index in [0.29, 0.717) is 29.3 Å². The van der Waals surface area contributed by atoms with Crippen LogP contribution in [0, 0.1) is 12.5 Å². The summed E-state index contributed by atoms with van der Waals surface area (Å²) in [5.74, 6) is -0.483. The summed E-state index contributed by atoms with van der Waals surface area (Å²) >= 11 is 11.0. The van der Waals surface area contributed by atoms with E-state index >= 15 is 0 Å². The second-order valence-electron chi connectivity index (χ2n) is 9.78. The van der Waals surface area contributed by atoms with Gasteiger partial charge in [-0.25, -0.2) is 4.85 Å². The summed E-state index contributed by atoms with van der Waals surface area (Å²) in [5.41, 5.74) is 2.00. The van der Waals surface area contributed by atoms with Gasteiger partial charge in [0.2, 0.25) is 11.9 Å². The lowest BCUT2D eigenvalue weighted by atomic mass is 10.0. The lowest BCUT2D eigenvalue weighted by molar-refractivity contribution is -0.120. The van der Waals surface area contributed by atoms with E-state index in [9.17, 15) is 14.4 Å². The molecule has 0 aliphatic heterocycles. The van der Waals surface area contributed by atoms with Crippen molar-refractivity contribution in [3.63, 3.8) is 0 Å². The van der Waals surface area contributed by atoms with Crippen LogP contribution in [0.15, 0.2) is 75.4 Å². The molecule has 0 aliphatic rings. The van der Waals surface area contributed by atoms with E-state index in [0.717, 1.165) is 14.2 Å². The Bertz CT molecular complexity index is 1670. The van der Waals surface area contributed by atoms with Crippen LogP contribution in [0.2, 0.25) is 5.02 Å². The molecule has 0 saturated heterocycles. The molecule has 13 heteroatoms. The summed E-state index contributed by atoms with van der Waals surface area (Å²) in [5, 5.41) is 13.9. The number of hydrogen-bond acceptors (Lipinski definition) is 9. The summed E-state index contributed by atoms with van der Waals surface area (Å²) in [6, 6.07) is 17.5. The maximum absolute atomic E-state index is 13.6. The Labute approximate surface area is 273 Å². The molecule has 0 spiro atoms. The minimum absolute atomic E-state index is 0.160. The molecule has 1 unspecified atom stereocenters. The molecule has 0 bridgehead atoms. The molecule has 1 heterocycles. The molecule has 9 nitrogen and oxygen atoms in total. The maximum atomic E-state index is 13.6. The van der Waals surface area contributed by atoms with Gasteiger partial charge >= 0.3 is 0 Å². The van der Waals surface area contributed by atoms with Crippen LogP contribution < -0.4 is 15.4 Å². The largest absolute Gasteiger partial charge is 0.472 e. The highest BCUT2D eigenvalue weighted by atomic mass is 35.5. The number of Topliss-reactive ketones (excluding diaryl/α,β-unsaturated/α-hetero) is 1. The summed E-state index contributed by atoms with van der Waals surface area (Å²) in [7, 11) is 0. The number of carbonyl (C=O) groups is 3. The number of ether oxygens (including phenoxy) is 1. The molecule has 1 aromatic heterocycles. The summed E-state index contributed by atoms with van der Waals surface area (Å²) in [6.07, 6.45) is 0.364. The first-order valence-corrected chi connectivity index (χ1v) is 16.7. The van der Waals surface area contributed by atoms with Crippen LogP contribution in [0.5, 0.6) is 5.75 Å². The van der Waals surface area contributed by atoms with E-state index < -0.39 is 17.8 Å². The third-order valence-corrected chi connectivity index (χ3v) is 9.45. The van der Waals surface area contributed by atoms with Gasteiger partial charge in [0.15, 0.2) is 14.4 Å². The van der Waals surface area contributed by atoms with Crippen molar-refractivity contribution in [2.24, 2.45) is 5.92 Å². The number of amides is 2. The minimum atomic E-state index is -1.59. The lowest BCUT2D eigenvalue weighted by Crippen LogP contribution is -2.40. The third-order valence-electron chi connectivity index (χ3n) is 6.02. The molecule has 0 saturated carbocycles. The monoisotopic (exact) mass is 665 g/mol. The van der Waals surface area contributed by atoms with Crippen LogP contribution in [-0.2, 0) is 10.5 Å². The molecule has 4 aromatic rings. The summed E-state index contributed by atoms with van der Waals surface area (Å²) in [4.78, 5) is 43.1. The Balaban J connectivity index is 1.53. The number of carbonyl (C=O) groups excluding carboxylic acids is 3. The normalized spacial score (nSPS) is 11.5. The van der Waals surface area contributed by atoms with Gasteiger partial charge in [-0.3, -0.25) is 14.4 Å². The molecule has 226 valence electrons. The smallest absolute Gasteiger partial charge is 0.273 e. The molecule has 3 aromatic carbocycles. The van der Waals surface area contributed by atoms with E-state index in [1.165, 1.54) is 47.7 Å². The van der Waals surface area contributed by atoms with E-state index in [-0.39, 0.29) is 28.1 Å². The van der Waals surface area contributed by atoms with Crippen molar-refractivity contribution in [2.45, 2.75) is 34.4 Å². The molecule has 2 N–H and O–H groups in total. The van der Waals surface area contributed by atoms with Gasteiger partial charge in [-0.15, -0.1) is 10.2 Å². The standard InChI is InChI=1S/C31H28ClN5O4S3/c1-18(2)16-34-28(39)21-9-14-24(32)25(15-21)35-29(40)27(26(38)20-7-10-22(33-3)11-8-20)41-23-12-5-19(6-13-23)17-43-31-37-36-30(42-4)44-31/h5-15,18,27H,16-17H2,1-2,4H3,(H,34,39)(H,35,40). The number of rotatable bonds is 13. The van der Waals surface area contributed by atoms with Crippen LogP contribution in [0.25, 0.3) is 4.85 Å². The molecule has 1 atom stereocenters. The van der Waals surface area contributed by atoms with Gasteiger partial charge in [-0.2, -0.15) is 0 Å². The number of aromatic nitrogens is 2. The van der Waals surface area contributed by atoms with Crippen molar-refractivity contribution in [1.29, 1.82) is 0 Å². The van der Waals surface area contributed by atoms with Crippen molar-refractivity contribution < 1.29 is 19.1 Å². The summed E-state index contributed by atoms with van der Waals surface area (Å²) in [6.45, 7) is 11.6. The van der Waals surface area contributed by atoms with Crippen molar-refractivity contribution in [3.8, 4) is 5.75 Å². The fourth-order valence-corrected chi connectivity index (χ4v) is 6.28. The molecule has 2 amide bonds. The van der Waals surface area contributed by atoms with Gasteiger partial charge in [0, 0.05) is 23.4 Å². The van der Waals surface area contributed by atoms with Gasteiger partial charge in [-0.05, 0) is 48.1 Å². The van der Waals surface area contributed by atoms with Gasteiger partial charge in [0.25, 0.3) is 11.8 Å². The van der Waals surface area contributed by atoms with E-state index in [2.05, 4.69) is 25.7 Å². The topological polar surface area (TPSA) is 115 Å². The number of thioether (sulfide) groups is 2. The Hall–Kier alpha value is -3.89. The van der Waals surface area contributed by atoms with Crippen LogP contribution in [-0.4, -0.2) is 46.7 Å². The highest BCUT2D eigenvalue weighted by molar-refractivity contribution is 8.02. The fourth-order valence-electron chi connectivity index (χ4n) is 3.72. The molecular weight excluding hydrogens is 638 g/mol. The molecule has 0 fully saturated rings.